The highest BCUT2D eigenvalue weighted by Gasteiger charge is 2.46. The first-order chi connectivity index (χ1) is 9.54. The molecule has 0 radical (unpaired) electrons. The zero-order chi connectivity index (χ0) is 14.7. The van der Waals surface area contributed by atoms with Gasteiger partial charge in [0.25, 0.3) is 0 Å². The molecule has 1 saturated heterocycles. The van der Waals surface area contributed by atoms with Gasteiger partial charge in [0.15, 0.2) is 0 Å². The molecule has 112 valence electrons. The largest absolute Gasteiger partial charge is 0.375 e. The first-order valence-electron chi connectivity index (χ1n) is 7.37. The molecule has 1 saturated carbocycles. The molecule has 5 nitrogen and oxygen atoms in total. The first kappa shape index (κ1) is 15.0. The summed E-state index contributed by atoms with van der Waals surface area (Å²) in [6.45, 7) is 9.01. The van der Waals surface area contributed by atoms with E-state index in [1.165, 1.54) is 0 Å². The minimum Gasteiger partial charge on any atom is -0.375 e. The maximum Gasteiger partial charge on any atom is 0.246 e. The third-order valence-corrected chi connectivity index (χ3v) is 3.83. The van der Waals surface area contributed by atoms with Crippen molar-refractivity contribution in [2.45, 2.75) is 45.2 Å². The lowest BCUT2D eigenvalue weighted by Crippen LogP contribution is -2.64. The summed E-state index contributed by atoms with van der Waals surface area (Å²) in [6, 6.07) is -0.669. The summed E-state index contributed by atoms with van der Waals surface area (Å²) in [5.41, 5.74) is 0.954. The van der Waals surface area contributed by atoms with Gasteiger partial charge in [0.2, 0.25) is 11.8 Å². The number of amides is 2. The van der Waals surface area contributed by atoms with Crippen molar-refractivity contribution in [1.82, 2.24) is 10.2 Å². The van der Waals surface area contributed by atoms with Gasteiger partial charge in [0.1, 0.15) is 12.1 Å². The summed E-state index contributed by atoms with van der Waals surface area (Å²) in [5, 5.41) is 2.88. The van der Waals surface area contributed by atoms with Gasteiger partial charge in [0.05, 0.1) is 13.2 Å². The van der Waals surface area contributed by atoms with E-state index in [2.05, 4.69) is 11.9 Å². The molecular formula is C15H24N2O3. The van der Waals surface area contributed by atoms with Crippen LogP contribution in [0.1, 0.15) is 33.1 Å². The molecule has 0 bridgehead atoms. The van der Waals surface area contributed by atoms with Gasteiger partial charge in [-0.25, -0.2) is 0 Å². The van der Waals surface area contributed by atoms with Gasteiger partial charge in [-0.1, -0.05) is 19.1 Å². The highest BCUT2D eigenvalue weighted by molar-refractivity contribution is 5.97. The summed E-state index contributed by atoms with van der Waals surface area (Å²) >= 11 is 0. The van der Waals surface area contributed by atoms with E-state index < -0.39 is 0 Å². The van der Waals surface area contributed by atoms with Crippen LogP contribution in [0.2, 0.25) is 0 Å². The highest BCUT2D eigenvalue weighted by Crippen LogP contribution is 2.35. The molecule has 2 rings (SSSR count). The summed E-state index contributed by atoms with van der Waals surface area (Å²) in [6.07, 6.45) is 2.70. The molecule has 20 heavy (non-hydrogen) atoms. The Labute approximate surface area is 120 Å². The molecule has 1 aliphatic heterocycles. The maximum absolute atomic E-state index is 12.5. The van der Waals surface area contributed by atoms with E-state index >= 15 is 0 Å². The minimum atomic E-state index is -0.356. The SMILES string of the molecule is C=C(C)COCCN1C(=O)C(C2CC2)NC(=O)C1CC. The number of nitrogens with one attached hydrogen (secondary N) is 1. The monoisotopic (exact) mass is 280 g/mol. The Morgan fingerprint density at radius 1 is 1.45 bits per heavy atom. The lowest BCUT2D eigenvalue weighted by atomic mass is 10.0. The molecule has 2 fully saturated rings. The van der Waals surface area contributed by atoms with Crippen LogP contribution in [0.15, 0.2) is 12.2 Å². The van der Waals surface area contributed by atoms with Crippen molar-refractivity contribution in [2.75, 3.05) is 19.8 Å². The van der Waals surface area contributed by atoms with Gasteiger partial charge in [-0.05, 0) is 32.1 Å². The Morgan fingerprint density at radius 3 is 2.70 bits per heavy atom. The van der Waals surface area contributed by atoms with E-state index in [0.717, 1.165) is 18.4 Å². The van der Waals surface area contributed by atoms with Crippen LogP contribution in [0.5, 0.6) is 0 Å². The molecule has 0 aromatic rings. The van der Waals surface area contributed by atoms with Crippen molar-refractivity contribution < 1.29 is 14.3 Å². The van der Waals surface area contributed by atoms with Gasteiger partial charge in [-0.3, -0.25) is 9.59 Å². The first-order valence-corrected chi connectivity index (χ1v) is 7.37. The molecular weight excluding hydrogens is 256 g/mol. The molecule has 0 spiro atoms. The van der Waals surface area contributed by atoms with Gasteiger partial charge < -0.3 is 15.0 Å². The second-order valence-electron chi connectivity index (χ2n) is 5.79. The quantitative estimate of drug-likeness (QED) is 0.561. The van der Waals surface area contributed by atoms with Crippen molar-refractivity contribution in [3.63, 3.8) is 0 Å². The Hall–Kier alpha value is -1.36. The molecule has 0 aromatic carbocycles. The topological polar surface area (TPSA) is 58.6 Å². The smallest absolute Gasteiger partial charge is 0.246 e. The Kier molecular flexibility index (Phi) is 4.81. The molecule has 0 aromatic heterocycles. The molecule has 1 heterocycles. The zero-order valence-corrected chi connectivity index (χ0v) is 12.4. The molecule has 2 atom stereocenters. The fourth-order valence-electron chi connectivity index (χ4n) is 2.62. The summed E-state index contributed by atoms with van der Waals surface area (Å²) < 4.78 is 5.46. The Bertz CT molecular complexity index is 404. The second kappa shape index (κ2) is 6.39. The third kappa shape index (κ3) is 3.39. The Morgan fingerprint density at radius 2 is 2.15 bits per heavy atom. The van der Waals surface area contributed by atoms with Crippen LogP contribution >= 0.6 is 0 Å². The predicted molar refractivity (Wildman–Crippen MR) is 76.1 cm³/mol. The van der Waals surface area contributed by atoms with E-state index in [4.69, 9.17) is 4.74 Å². The van der Waals surface area contributed by atoms with E-state index in [9.17, 15) is 9.59 Å². The average Bonchev–Trinajstić information content (AvgIpc) is 3.22. The molecule has 1 N–H and O–H groups in total. The number of piperazine rings is 1. The van der Waals surface area contributed by atoms with Crippen molar-refractivity contribution in [3.05, 3.63) is 12.2 Å². The molecule has 2 unspecified atom stereocenters. The van der Waals surface area contributed by atoms with Crippen LogP contribution in [0.25, 0.3) is 0 Å². The van der Waals surface area contributed by atoms with Crippen LogP contribution in [0.3, 0.4) is 0 Å². The van der Waals surface area contributed by atoms with Gasteiger partial charge in [-0.15, -0.1) is 0 Å². The van der Waals surface area contributed by atoms with E-state index in [-0.39, 0.29) is 23.9 Å². The average molecular weight is 280 g/mol. The van der Waals surface area contributed by atoms with Crippen LogP contribution in [0.4, 0.5) is 0 Å². The molecule has 2 aliphatic rings. The number of hydrogen-bond acceptors (Lipinski definition) is 3. The zero-order valence-electron chi connectivity index (χ0n) is 12.4. The lowest BCUT2D eigenvalue weighted by Gasteiger charge is -2.38. The van der Waals surface area contributed by atoms with Crippen molar-refractivity contribution in [2.24, 2.45) is 5.92 Å². The highest BCUT2D eigenvalue weighted by atomic mass is 16.5. The normalized spacial score (nSPS) is 26.6. The van der Waals surface area contributed by atoms with Crippen LogP contribution < -0.4 is 5.32 Å². The number of ether oxygens (including phenoxy) is 1. The molecule has 1 aliphatic carbocycles. The number of hydrogen-bond donors (Lipinski definition) is 1. The Balaban J connectivity index is 1.95. The van der Waals surface area contributed by atoms with Gasteiger partial charge in [-0.2, -0.15) is 0 Å². The van der Waals surface area contributed by atoms with Gasteiger partial charge in [0, 0.05) is 6.54 Å². The minimum absolute atomic E-state index is 0.0242. The second-order valence-corrected chi connectivity index (χ2v) is 5.79. The van der Waals surface area contributed by atoms with Gasteiger partial charge >= 0.3 is 0 Å². The lowest BCUT2D eigenvalue weighted by molar-refractivity contribution is -0.150. The number of rotatable bonds is 7. The van der Waals surface area contributed by atoms with Crippen LogP contribution in [0, 0.1) is 5.92 Å². The summed E-state index contributed by atoms with van der Waals surface area (Å²) in [5.74, 6) is 0.366. The fraction of sp³-hybridized carbons (Fsp3) is 0.733. The summed E-state index contributed by atoms with van der Waals surface area (Å²) in [7, 11) is 0. The predicted octanol–water partition coefficient (Wildman–Crippen LogP) is 1.09. The van der Waals surface area contributed by atoms with E-state index in [0.29, 0.717) is 32.1 Å². The van der Waals surface area contributed by atoms with Crippen LogP contribution in [-0.2, 0) is 14.3 Å². The van der Waals surface area contributed by atoms with Crippen molar-refractivity contribution in [1.29, 1.82) is 0 Å². The van der Waals surface area contributed by atoms with Crippen molar-refractivity contribution in [3.8, 4) is 0 Å². The molecule has 2 amide bonds. The van der Waals surface area contributed by atoms with E-state index in [1.54, 1.807) is 4.90 Å². The summed E-state index contributed by atoms with van der Waals surface area (Å²) in [4.78, 5) is 26.3. The van der Waals surface area contributed by atoms with Crippen LogP contribution in [-0.4, -0.2) is 48.6 Å². The number of nitrogens with zero attached hydrogens (tertiary/aromatic N) is 1. The fourth-order valence-corrected chi connectivity index (χ4v) is 2.62. The van der Waals surface area contributed by atoms with Crippen molar-refractivity contribution >= 4 is 11.8 Å². The molecule has 5 heteroatoms. The maximum atomic E-state index is 12.5. The number of carbonyl (C=O) groups is 2. The standard InChI is InChI=1S/C15H24N2O3/c1-4-12-14(18)16-13(11-5-6-11)15(19)17(12)7-8-20-9-10(2)3/h11-13H,2,4-9H2,1,3H3,(H,16,18). The van der Waals surface area contributed by atoms with E-state index in [1.807, 2.05) is 13.8 Å². The number of carbonyl (C=O) groups excluding carboxylic acids is 2. The third-order valence-electron chi connectivity index (χ3n) is 3.83.